The molecule has 0 N–H and O–H groups in total. The molecule has 0 bridgehead atoms. The first-order chi connectivity index (χ1) is 10.4. The maximum absolute atomic E-state index is 12.5. The van der Waals surface area contributed by atoms with Crippen molar-refractivity contribution in [3.8, 4) is 0 Å². The first-order valence-electron chi connectivity index (χ1n) is 8.47. The van der Waals surface area contributed by atoms with Crippen molar-refractivity contribution in [2.75, 3.05) is 0 Å². The van der Waals surface area contributed by atoms with Crippen LogP contribution in [0.15, 0.2) is 57.7 Å². The number of Topliss-reactive ketones (excluding diaryl/α,β-unsaturated/α-hetero) is 1. The molecule has 124 valence electrons. The molecule has 23 heavy (non-hydrogen) atoms. The third-order valence-corrected chi connectivity index (χ3v) is 4.58. The molecule has 0 aromatic heterocycles. The molecule has 0 aromatic rings. The highest BCUT2D eigenvalue weighted by Gasteiger charge is 2.28. The summed E-state index contributed by atoms with van der Waals surface area (Å²) in [5, 5.41) is 0. The van der Waals surface area contributed by atoms with Crippen molar-refractivity contribution in [1.82, 2.24) is 0 Å². The molecule has 0 unspecified atom stereocenters. The Morgan fingerprint density at radius 2 is 1.35 bits per heavy atom. The smallest absolute Gasteiger partial charge is 0.185 e. The van der Waals surface area contributed by atoms with E-state index in [-0.39, 0.29) is 16.6 Å². The van der Waals surface area contributed by atoms with E-state index in [1.807, 2.05) is 13.0 Å². The molecule has 0 saturated carbocycles. The standard InChI is InChI=1S/C22H30O/c1-14-9-16(12-18(10-14)21(3,4)5)17-11-15(2)20(23)19(13-17)22(6,7)8/h9,11-13H,10H2,1-8H3. The van der Waals surface area contributed by atoms with Gasteiger partial charge in [0.1, 0.15) is 0 Å². The van der Waals surface area contributed by atoms with E-state index in [1.165, 1.54) is 16.7 Å². The van der Waals surface area contributed by atoms with Gasteiger partial charge in [0.25, 0.3) is 0 Å². The number of allylic oxidation sites excluding steroid dienone is 10. The molecule has 0 aromatic carbocycles. The molecule has 2 aliphatic rings. The Labute approximate surface area is 141 Å². The Bertz CT molecular complexity index is 689. The van der Waals surface area contributed by atoms with Gasteiger partial charge in [-0.1, -0.05) is 64.8 Å². The maximum Gasteiger partial charge on any atom is 0.185 e. The Kier molecular flexibility index (Phi) is 4.45. The van der Waals surface area contributed by atoms with E-state index in [4.69, 9.17) is 0 Å². The minimum atomic E-state index is -0.136. The zero-order valence-electron chi connectivity index (χ0n) is 15.9. The molecule has 1 heteroatoms. The molecule has 0 saturated heterocycles. The van der Waals surface area contributed by atoms with Crippen LogP contribution in [-0.4, -0.2) is 5.78 Å². The van der Waals surface area contributed by atoms with Gasteiger partial charge in [-0.05, 0) is 60.0 Å². The quantitative estimate of drug-likeness (QED) is 0.528. The minimum absolute atomic E-state index is 0.136. The van der Waals surface area contributed by atoms with Gasteiger partial charge in [-0.25, -0.2) is 0 Å². The van der Waals surface area contributed by atoms with Crippen molar-refractivity contribution in [3.63, 3.8) is 0 Å². The minimum Gasteiger partial charge on any atom is -0.289 e. The molecule has 0 aliphatic heterocycles. The summed E-state index contributed by atoms with van der Waals surface area (Å²) in [6.45, 7) is 17.2. The number of ketones is 1. The molecular formula is C22H30O. The van der Waals surface area contributed by atoms with Crippen molar-refractivity contribution in [2.24, 2.45) is 10.8 Å². The van der Waals surface area contributed by atoms with Gasteiger partial charge in [-0.2, -0.15) is 0 Å². The lowest BCUT2D eigenvalue weighted by Crippen LogP contribution is -2.21. The Morgan fingerprint density at radius 3 is 1.87 bits per heavy atom. The van der Waals surface area contributed by atoms with Crippen LogP contribution in [-0.2, 0) is 4.79 Å². The zero-order chi connectivity index (χ0) is 17.6. The zero-order valence-corrected chi connectivity index (χ0v) is 15.9. The second kappa shape index (κ2) is 5.78. The fourth-order valence-electron chi connectivity index (χ4n) is 3.04. The average Bonchev–Trinajstić information content (AvgIpc) is 2.38. The van der Waals surface area contributed by atoms with Gasteiger partial charge >= 0.3 is 0 Å². The fourth-order valence-corrected chi connectivity index (χ4v) is 3.04. The summed E-state index contributed by atoms with van der Waals surface area (Å²) < 4.78 is 0. The molecule has 2 rings (SSSR count). The second-order valence-electron chi connectivity index (χ2n) is 8.96. The van der Waals surface area contributed by atoms with Crippen LogP contribution in [0.5, 0.6) is 0 Å². The third kappa shape index (κ3) is 3.83. The van der Waals surface area contributed by atoms with E-state index in [0.29, 0.717) is 0 Å². The molecule has 0 fully saturated rings. The Balaban J connectivity index is 2.63. The van der Waals surface area contributed by atoms with Crippen molar-refractivity contribution in [3.05, 3.63) is 57.7 Å². The molecular weight excluding hydrogens is 280 g/mol. The van der Waals surface area contributed by atoms with Crippen LogP contribution >= 0.6 is 0 Å². The van der Waals surface area contributed by atoms with Crippen molar-refractivity contribution in [1.29, 1.82) is 0 Å². The Morgan fingerprint density at radius 1 is 0.783 bits per heavy atom. The first kappa shape index (κ1) is 17.7. The van der Waals surface area contributed by atoms with Gasteiger partial charge < -0.3 is 0 Å². The van der Waals surface area contributed by atoms with Gasteiger partial charge in [0.05, 0.1) is 0 Å². The number of carbonyl (C=O) groups is 1. The van der Waals surface area contributed by atoms with Gasteiger partial charge in [-0.15, -0.1) is 0 Å². The van der Waals surface area contributed by atoms with Gasteiger partial charge in [0.2, 0.25) is 0 Å². The monoisotopic (exact) mass is 310 g/mol. The molecule has 0 amide bonds. The largest absolute Gasteiger partial charge is 0.289 e. The number of rotatable bonds is 0. The molecule has 0 atom stereocenters. The average molecular weight is 310 g/mol. The highest BCUT2D eigenvalue weighted by atomic mass is 16.1. The molecule has 0 spiro atoms. The summed E-state index contributed by atoms with van der Waals surface area (Å²) in [6, 6.07) is 0. The van der Waals surface area contributed by atoms with E-state index in [9.17, 15) is 4.79 Å². The van der Waals surface area contributed by atoms with Gasteiger partial charge in [0.15, 0.2) is 5.78 Å². The van der Waals surface area contributed by atoms with E-state index in [0.717, 1.165) is 23.1 Å². The third-order valence-electron chi connectivity index (χ3n) is 4.58. The molecule has 2 aliphatic carbocycles. The number of carbonyl (C=O) groups excluding carboxylic acids is 1. The van der Waals surface area contributed by atoms with Crippen LogP contribution in [0.25, 0.3) is 0 Å². The van der Waals surface area contributed by atoms with Crippen LogP contribution in [0, 0.1) is 10.8 Å². The maximum atomic E-state index is 12.5. The van der Waals surface area contributed by atoms with Crippen LogP contribution in [0.2, 0.25) is 0 Å². The predicted octanol–water partition coefficient (Wildman–Crippen LogP) is 6.11. The van der Waals surface area contributed by atoms with Crippen LogP contribution in [0.4, 0.5) is 0 Å². The molecule has 1 nitrogen and oxygen atoms in total. The van der Waals surface area contributed by atoms with Crippen molar-refractivity contribution in [2.45, 2.75) is 61.8 Å². The van der Waals surface area contributed by atoms with Gasteiger partial charge in [-0.3, -0.25) is 4.79 Å². The lowest BCUT2D eigenvalue weighted by atomic mass is 9.75. The fraction of sp³-hybridized carbons (Fsp3) is 0.500. The number of hydrogen-bond acceptors (Lipinski definition) is 1. The van der Waals surface area contributed by atoms with Crippen molar-refractivity contribution >= 4 is 5.78 Å². The molecule has 0 heterocycles. The topological polar surface area (TPSA) is 17.1 Å². The number of hydrogen-bond donors (Lipinski definition) is 0. The van der Waals surface area contributed by atoms with Gasteiger partial charge in [0, 0.05) is 5.57 Å². The summed E-state index contributed by atoms with van der Waals surface area (Å²) in [5.74, 6) is 0.179. The Hall–Kier alpha value is -1.63. The SMILES string of the molecule is CC1=CC(=C2C=C(C)C(=O)C(C(C)(C)C)=C2)C=C(C(C)(C)C)C1. The molecule has 0 radical (unpaired) electrons. The van der Waals surface area contributed by atoms with Crippen LogP contribution < -0.4 is 0 Å². The highest BCUT2D eigenvalue weighted by Crippen LogP contribution is 2.38. The highest BCUT2D eigenvalue weighted by molar-refractivity contribution is 6.10. The lowest BCUT2D eigenvalue weighted by Gasteiger charge is -2.29. The van der Waals surface area contributed by atoms with Crippen LogP contribution in [0.3, 0.4) is 0 Å². The second-order valence-corrected chi connectivity index (χ2v) is 8.96. The summed E-state index contributed by atoms with van der Waals surface area (Å²) in [5.41, 5.74) is 7.00. The summed E-state index contributed by atoms with van der Waals surface area (Å²) in [7, 11) is 0. The predicted molar refractivity (Wildman–Crippen MR) is 99.2 cm³/mol. The lowest BCUT2D eigenvalue weighted by molar-refractivity contribution is -0.113. The first-order valence-corrected chi connectivity index (χ1v) is 8.47. The summed E-state index contributed by atoms with van der Waals surface area (Å²) >= 11 is 0. The van der Waals surface area contributed by atoms with E-state index in [1.54, 1.807) is 0 Å². The van der Waals surface area contributed by atoms with Crippen molar-refractivity contribution < 1.29 is 4.79 Å². The van der Waals surface area contributed by atoms with E-state index in [2.05, 4.69) is 66.7 Å². The summed E-state index contributed by atoms with van der Waals surface area (Å²) in [4.78, 5) is 12.5. The summed E-state index contributed by atoms with van der Waals surface area (Å²) in [6.07, 6.45) is 9.76. The van der Waals surface area contributed by atoms with Crippen LogP contribution in [0.1, 0.15) is 61.8 Å². The normalized spacial score (nSPS) is 23.2. The van der Waals surface area contributed by atoms with E-state index < -0.39 is 0 Å². The van der Waals surface area contributed by atoms with E-state index >= 15 is 0 Å².